The van der Waals surface area contributed by atoms with E-state index in [4.69, 9.17) is 0 Å². The summed E-state index contributed by atoms with van der Waals surface area (Å²) in [7, 11) is 0. The predicted molar refractivity (Wildman–Crippen MR) is 61.5 cm³/mol. The topological polar surface area (TPSA) is 24.4 Å². The normalized spacial score (nSPS) is 38.8. The minimum absolute atomic E-state index is 0.467. The van der Waals surface area contributed by atoms with Crippen molar-refractivity contribution in [1.82, 2.24) is 5.32 Å². The van der Waals surface area contributed by atoms with Gasteiger partial charge < -0.3 is 5.32 Å². The summed E-state index contributed by atoms with van der Waals surface area (Å²) in [6, 6.07) is 0.969. The first-order chi connectivity index (χ1) is 6.84. The number of nitrogens with zero attached hydrogens (tertiary/aromatic N) is 1. The van der Waals surface area contributed by atoms with Crippen molar-refractivity contribution in [2.45, 2.75) is 18.5 Å². The van der Waals surface area contributed by atoms with Crippen molar-refractivity contribution < 1.29 is 0 Å². The van der Waals surface area contributed by atoms with Crippen molar-refractivity contribution in [3.8, 4) is 0 Å². The Balaban J connectivity index is 1.99. The number of fused-ring (bicyclic) bond motifs is 3. The molecule has 2 heterocycles. The molecule has 0 radical (unpaired) electrons. The number of hydrogen-bond acceptors (Lipinski definition) is 2. The quantitative estimate of drug-likeness (QED) is 0.700. The molecule has 1 aliphatic carbocycles. The van der Waals surface area contributed by atoms with Gasteiger partial charge in [0.25, 0.3) is 0 Å². The van der Waals surface area contributed by atoms with Crippen molar-refractivity contribution in [2.75, 3.05) is 0 Å². The van der Waals surface area contributed by atoms with Gasteiger partial charge in [-0.25, -0.2) is 0 Å². The monoisotopic (exact) mass is 250 g/mol. The van der Waals surface area contributed by atoms with Crippen LogP contribution in [0.5, 0.6) is 0 Å². The first-order valence-corrected chi connectivity index (χ1v) is 5.67. The Morgan fingerprint density at radius 1 is 1.50 bits per heavy atom. The van der Waals surface area contributed by atoms with E-state index in [2.05, 4.69) is 44.5 Å². The molecule has 3 unspecified atom stereocenters. The molecule has 3 rings (SSSR count). The lowest BCUT2D eigenvalue weighted by molar-refractivity contribution is 0.595. The molecule has 2 nitrogen and oxygen atoms in total. The summed E-state index contributed by atoms with van der Waals surface area (Å²) >= 11 is 3.52. The summed E-state index contributed by atoms with van der Waals surface area (Å²) in [5.74, 6) is 0.497. The second-order valence-corrected chi connectivity index (χ2v) is 4.79. The molecule has 3 heteroatoms. The molecule has 2 aliphatic heterocycles. The van der Waals surface area contributed by atoms with Crippen LogP contribution in [0.4, 0.5) is 0 Å². The first-order valence-electron chi connectivity index (χ1n) is 4.88. The summed E-state index contributed by atoms with van der Waals surface area (Å²) in [6.45, 7) is 0. The van der Waals surface area contributed by atoms with Gasteiger partial charge in [0.1, 0.15) is 0 Å². The van der Waals surface area contributed by atoms with E-state index >= 15 is 0 Å². The summed E-state index contributed by atoms with van der Waals surface area (Å²) < 4.78 is 1.18. The molecule has 3 aliphatic rings. The maximum atomic E-state index is 4.24. The van der Waals surface area contributed by atoms with Crippen molar-refractivity contribution in [1.29, 1.82) is 0 Å². The molecule has 0 aromatic heterocycles. The number of halogens is 1. The van der Waals surface area contributed by atoms with Crippen LogP contribution in [0.15, 0.2) is 39.5 Å². The molecule has 0 aromatic rings. The SMILES string of the molecule is BrC1=CC2C3=CN=CCC3NC2C=C1. The zero-order valence-corrected chi connectivity index (χ0v) is 9.24. The summed E-state index contributed by atoms with van der Waals surface area (Å²) in [5, 5.41) is 3.60. The first kappa shape index (κ1) is 8.62. The molecular weight excluding hydrogens is 240 g/mol. The molecule has 0 spiro atoms. The average Bonchev–Trinajstić information content (AvgIpc) is 2.56. The molecule has 1 N–H and O–H groups in total. The van der Waals surface area contributed by atoms with Crippen LogP contribution in [-0.4, -0.2) is 18.3 Å². The van der Waals surface area contributed by atoms with Crippen LogP contribution in [0.25, 0.3) is 0 Å². The summed E-state index contributed by atoms with van der Waals surface area (Å²) in [6.07, 6.45) is 11.6. The Labute approximate surface area is 91.6 Å². The van der Waals surface area contributed by atoms with Gasteiger partial charge >= 0.3 is 0 Å². The third-order valence-electron chi connectivity index (χ3n) is 3.04. The third-order valence-corrected chi connectivity index (χ3v) is 3.57. The Bertz CT molecular complexity index is 379. The molecule has 14 heavy (non-hydrogen) atoms. The van der Waals surface area contributed by atoms with Gasteiger partial charge in [-0.05, 0) is 5.57 Å². The summed E-state index contributed by atoms with van der Waals surface area (Å²) in [5.41, 5.74) is 1.43. The number of nitrogens with one attached hydrogen (secondary N) is 1. The van der Waals surface area contributed by atoms with E-state index in [1.54, 1.807) is 0 Å². The molecule has 3 atom stereocenters. The molecule has 0 amide bonds. The molecular formula is C11H11BrN2. The van der Waals surface area contributed by atoms with Crippen LogP contribution in [0.3, 0.4) is 0 Å². The number of rotatable bonds is 0. The van der Waals surface area contributed by atoms with Crippen molar-refractivity contribution >= 4 is 22.1 Å². The van der Waals surface area contributed by atoms with E-state index in [0.29, 0.717) is 18.0 Å². The third kappa shape index (κ3) is 1.23. The Morgan fingerprint density at radius 2 is 2.43 bits per heavy atom. The minimum Gasteiger partial charge on any atom is -0.303 e. The van der Waals surface area contributed by atoms with Crippen LogP contribution in [0.2, 0.25) is 0 Å². The lowest BCUT2D eigenvalue weighted by Crippen LogP contribution is -2.30. The highest BCUT2D eigenvalue weighted by atomic mass is 79.9. The second-order valence-electron chi connectivity index (χ2n) is 3.88. The lowest BCUT2D eigenvalue weighted by atomic mass is 9.89. The van der Waals surface area contributed by atoms with Gasteiger partial charge in [0.05, 0.1) is 0 Å². The second kappa shape index (κ2) is 3.17. The van der Waals surface area contributed by atoms with Gasteiger partial charge in [-0.15, -0.1) is 0 Å². The fourth-order valence-electron chi connectivity index (χ4n) is 2.35. The van der Waals surface area contributed by atoms with Gasteiger partial charge in [0, 0.05) is 41.3 Å². The number of allylic oxidation sites excluding steroid dienone is 2. The fraction of sp³-hybridized carbons (Fsp3) is 0.364. The fourth-order valence-corrected chi connectivity index (χ4v) is 2.79. The average molecular weight is 251 g/mol. The molecule has 0 bridgehead atoms. The Kier molecular flexibility index (Phi) is 1.96. The van der Waals surface area contributed by atoms with Gasteiger partial charge in [0.15, 0.2) is 0 Å². The smallest absolute Gasteiger partial charge is 0.0361 e. The standard InChI is InChI=1S/C11H11BrN2/c12-7-1-2-10-8(5-7)9-6-13-4-3-11(9)14-10/h1-2,4-6,8,10-11,14H,3H2. The number of aliphatic imine (C=N–C) groups is 1. The minimum atomic E-state index is 0.467. The van der Waals surface area contributed by atoms with Crippen LogP contribution < -0.4 is 5.32 Å². The van der Waals surface area contributed by atoms with E-state index in [1.165, 1.54) is 10.1 Å². The molecule has 72 valence electrons. The summed E-state index contributed by atoms with van der Waals surface area (Å²) in [4.78, 5) is 4.24. The highest BCUT2D eigenvalue weighted by Gasteiger charge is 2.37. The van der Waals surface area contributed by atoms with Gasteiger partial charge in [-0.2, -0.15) is 0 Å². The largest absolute Gasteiger partial charge is 0.303 e. The van der Waals surface area contributed by atoms with Crippen molar-refractivity contribution in [3.63, 3.8) is 0 Å². The highest BCUT2D eigenvalue weighted by Crippen LogP contribution is 2.35. The predicted octanol–water partition coefficient (Wildman–Crippen LogP) is 2.15. The van der Waals surface area contributed by atoms with E-state index in [0.717, 1.165) is 6.42 Å². The van der Waals surface area contributed by atoms with Crippen LogP contribution in [0.1, 0.15) is 6.42 Å². The zero-order valence-electron chi connectivity index (χ0n) is 7.65. The molecule has 1 saturated heterocycles. The van der Waals surface area contributed by atoms with E-state index in [1.807, 2.05) is 12.4 Å². The van der Waals surface area contributed by atoms with Crippen molar-refractivity contribution in [2.24, 2.45) is 10.9 Å². The highest BCUT2D eigenvalue weighted by molar-refractivity contribution is 9.11. The molecule has 1 fully saturated rings. The number of hydrogen-bond donors (Lipinski definition) is 1. The molecule has 0 aromatic carbocycles. The van der Waals surface area contributed by atoms with E-state index < -0.39 is 0 Å². The van der Waals surface area contributed by atoms with Crippen LogP contribution in [0, 0.1) is 5.92 Å². The van der Waals surface area contributed by atoms with Gasteiger partial charge in [-0.3, -0.25) is 4.99 Å². The zero-order chi connectivity index (χ0) is 9.54. The van der Waals surface area contributed by atoms with E-state index in [9.17, 15) is 0 Å². The Hall–Kier alpha value is -0.670. The molecule has 0 saturated carbocycles. The maximum absolute atomic E-state index is 4.24. The van der Waals surface area contributed by atoms with Crippen LogP contribution >= 0.6 is 15.9 Å². The van der Waals surface area contributed by atoms with Gasteiger partial charge in [0.2, 0.25) is 0 Å². The van der Waals surface area contributed by atoms with Crippen molar-refractivity contribution in [3.05, 3.63) is 34.5 Å². The van der Waals surface area contributed by atoms with Crippen LogP contribution in [-0.2, 0) is 0 Å². The van der Waals surface area contributed by atoms with E-state index in [-0.39, 0.29) is 0 Å². The lowest BCUT2D eigenvalue weighted by Gasteiger charge is -2.17. The van der Waals surface area contributed by atoms with Gasteiger partial charge in [-0.1, -0.05) is 34.2 Å². The Morgan fingerprint density at radius 3 is 3.36 bits per heavy atom. The maximum Gasteiger partial charge on any atom is 0.0361 e.